The Labute approximate surface area is 194 Å². The zero-order valence-corrected chi connectivity index (χ0v) is 20.4. The fourth-order valence-corrected chi connectivity index (χ4v) is 3.24. The first kappa shape index (κ1) is 26.2. The van der Waals surface area contributed by atoms with Crippen molar-refractivity contribution in [1.29, 1.82) is 0 Å². The highest BCUT2D eigenvalue weighted by atomic mass is 35.5. The molecule has 1 rings (SSSR count). The summed E-state index contributed by atoms with van der Waals surface area (Å²) in [5.41, 5.74) is 1.23. The van der Waals surface area contributed by atoms with Crippen molar-refractivity contribution in [2.45, 2.75) is 53.4 Å². The number of rotatable bonds is 12. The van der Waals surface area contributed by atoms with Crippen molar-refractivity contribution in [3.05, 3.63) is 32.7 Å². The van der Waals surface area contributed by atoms with Gasteiger partial charge in [-0.3, -0.25) is 0 Å². The smallest absolute Gasteiger partial charge is 0.156 e. The molecule has 0 atom stereocenters. The largest absolute Gasteiger partial charge is 0.490 e. The lowest BCUT2D eigenvalue weighted by atomic mass is 9.90. The van der Waals surface area contributed by atoms with E-state index in [2.05, 4.69) is 25.9 Å². The molecule has 0 heterocycles. The number of benzene rings is 1. The SMILES string of the molecule is C/C(CC(C)(C)C)=N\OCCCCCOc1c(Cl)cc(OCC=C(Cl)Cl)cc1Cl. The van der Waals surface area contributed by atoms with E-state index in [9.17, 15) is 0 Å². The summed E-state index contributed by atoms with van der Waals surface area (Å²) < 4.78 is 11.3. The molecule has 0 aromatic heterocycles. The van der Waals surface area contributed by atoms with Gasteiger partial charge < -0.3 is 14.3 Å². The number of unbranched alkanes of at least 4 members (excludes halogenated alkanes) is 2. The molecule has 0 aliphatic heterocycles. The van der Waals surface area contributed by atoms with E-state index >= 15 is 0 Å². The molecule has 4 nitrogen and oxygen atoms in total. The van der Waals surface area contributed by atoms with E-state index in [0.29, 0.717) is 34.8 Å². The van der Waals surface area contributed by atoms with Crippen LogP contribution in [0, 0.1) is 5.41 Å². The van der Waals surface area contributed by atoms with Crippen molar-refractivity contribution >= 4 is 52.1 Å². The first-order valence-electron chi connectivity index (χ1n) is 9.50. The average molecular weight is 485 g/mol. The molecule has 0 aliphatic rings. The van der Waals surface area contributed by atoms with Gasteiger partial charge in [0.1, 0.15) is 23.5 Å². The molecule has 29 heavy (non-hydrogen) atoms. The lowest BCUT2D eigenvalue weighted by Crippen LogP contribution is -2.10. The molecule has 8 heteroatoms. The van der Waals surface area contributed by atoms with Crippen LogP contribution in [0.3, 0.4) is 0 Å². The molecule has 0 radical (unpaired) electrons. The molecular weight excluding hydrogens is 456 g/mol. The van der Waals surface area contributed by atoms with Crippen LogP contribution in [-0.4, -0.2) is 25.5 Å². The summed E-state index contributed by atoms with van der Waals surface area (Å²) in [6.07, 6.45) is 5.16. The lowest BCUT2D eigenvalue weighted by molar-refractivity contribution is 0.136. The minimum Gasteiger partial charge on any atom is -0.490 e. The average Bonchev–Trinajstić information content (AvgIpc) is 2.57. The molecule has 0 amide bonds. The summed E-state index contributed by atoms with van der Waals surface area (Å²) in [6, 6.07) is 3.29. The van der Waals surface area contributed by atoms with E-state index < -0.39 is 0 Å². The van der Waals surface area contributed by atoms with Crippen LogP contribution >= 0.6 is 46.4 Å². The second-order valence-electron chi connectivity index (χ2n) is 7.83. The standard InChI is InChI=1S/C21H29Cl4NO3/c1-15(14-21(2,3)4)26-29-10-7-5-6-9-28-20-17(22)12-16(13-18(20)23)27-11-8-19(24)25/h8,12-13H,5-7,9-11,14H2,1-4H3/b26-15+. The molecule has 0 aliphatic carbocycles. The zero-order chi connectivity index (χ0) is 21.9. The molecule has 0 fully saturated rings. The van der Waals surface area contributed by atoms with E-state index in [1.54, 1.807) is 12.1 Å². The van der Waals surface area contributed by atoms with Crippen LogP contribution in [0.2, 0.25) is 10.0 Å². The van der Waals surface area contributed by atoms with Gasteiger partial charge in [0.2, 0.25) is 0 Å². The van der Waals surface area contributed by atoms with E-state index in [1.807, 2.05) is 6.92 Å². The minimum atomic E-state index is 0.138. The van der Waals surface area contributed by atoms with Crippen LogP contribution in [0.1, 0.15) is 53.4 Å². The van der Waals surface area contributed by atoms with Gasteiger partial charge >= 0.3 is 0 Å². The molecule has 0 unspecified atom stereocenters. The molecule has 1 aromatic carbocycles. The lowest BCUT2D eigenvalue weighted by Gasteiger charge is -2.16. The van der Waals surface area contributed by atoms with Crippen molar-refractivity contribution in [2.75, 3.05) is 19.8 Å². The maximum absolute atomic E-state index is 6.24. The summed E-state index contributed by atoms with van der Waals surface area (Å²) in [4.78, 5) is 5.37. The van der Waals surface area contributed by atoms with Gasteiger partial charge in [0.25, 0.3) is 0 Å². The Morgan fingerprint density at radius 3 is 2.21 bits per heavy atom. The predicted octanol–water partition coefficient (Wildman–Crippen LogP) is 8.07. The first-order valence-corrected chi connectivity index (χ1v) is 11.0. The Kier molecular flexibility index (Phi) is 12.2. The summed E-state index contributed by atoms with van der Waals surface area (Å²) in [5, 5.41) is 4.94. The van der Waals surface area contributed by atoms with Gasteiger partial charge in [0.05, 0.1) is 22.4 Å². The highest BCUT2D eigenvalue weighted by Crippen LogP contribution is 2.37. The minimum absolute atomic E-state index is 0.138. The zero-order valence-electron chi connectivity index (χ0n) is 17.4. The van der Waals surface area contributed by atoms with Gasteiger partial charge in [-0.05, 0) is 44.1 Å². The second-order valence-corrected chi connectivity index (χ2v) is 9.65. The topological polar surface area (TPSA) is 40.0 Å². The van der Waals surface area contributed by atoms with E-state index in [1.165, 1.54) is 6.08 Å². The third kappa shape index (κ3) is 12.5. The number of hydrogen-bond donors (Lipinski definition) is 0. The summed E-state index contributed by atoms with van der Waals surface area (Å²) >= 11 is 23.6. The van der Waals surface area contributed by atoms with Crippen molar-refractivity contribution in [3.63, 3.8) is 0 Å². The Hall–Kier alpha value is -0.810. The fourth-order valence-electron chi connectivity index (χ4n) is 2.53. The van der Waals surface area contributed by atoms with Gasteiger partial charge in [-0.1, -0.05) is 72.3 Å². The van der Waals surface area contributed by atoms with E-state index in [-0.39, 0.29) is 16.5 Å². The summed E-state index contributed by atoms with van der Waals surface area (Å²) in [6.45, 7) is 9.86. The molecule has 0 saturated carbocycles. The molecule has 0 spiro atoms. The third-order valence-corrected chi connectivity index (χ3v) is 4.46. The van der Waals surface area contributed by atoms with Crippen LogP contribution in [0.15, 0.2) is 27.9 Å². The summed E-state index contributed by atoms with van der Waals surface area (Å²) in [5.74, 6) is 0.961. The van der Waals surface area contributed by atoms with Crippen molar-refractivity contribution < 1.29 is 14.3 Å². The van der Waals surface area contributed by atoms with Crippen LogP contribution in [0.25, 0.3) is 0 Å². The van der Waals surface area contributed by atoms with Crippen molar-refractivity contribution in [3.8, 4) is 11.5 Å². The van der Waals surface area contributed by atoms with Gasteiger partial charge in [-0.2, -0.15) is 0 Å². The second kappa shape index (κ2) is 13.5. The normalized spacial score (nSPS) is 11.9. The van der Waals surface area contributed by atoms with Crippen LogP contribution in [0.4, 0.5) is 0 Å². The van der Waals surface area contributed by atoms with Crippen molar-refractivity contribution in [2.24, 2.45) is 10.6 Å². The van der Waals surface area contributed by atoms with E-state index in [0.717, 1.165) is 31.4 Å². The molecule has 1 aromatic rings. The molecule has 164 valence electrons. The van der Waals surface area contributed by atoms with Gasteiger partial charge in [-0.15, -0.1) is 0 Å². The Morgan fingerprint density at radius 1 is 1.00 bits per heavy atom. The fraction of sp³-hybridized carbons (Fsp3) is 0.571. The summed E-state index contributed by atoms with van der Waals surface area (Å²) in [7, 11) is 0. The van der Waals surface area contributed by atoms with Gasteiger partial charge in [-0.25, -0.2) is 0 Å². The molecule has 0 saturated heterocycles. The number of ether oxygens (including phenoxy) is 2. The molecule has 0 N–H and O–H groups in total. The Bertz CT molecular complexity index is 673. The van der Waals surface area contributed by atoms with Gasteiger partial charge in [0, 0.05) is 12.1 Å². The number of halogens is 4. The molecular formula is C21H29Cl4NO3. The quantitative estimate of drug-likeness (QED) is 0.171. The number of nitrogens with zero attached hydrogens (tertiary/aromatic N) is 1. The predicted molar refractivity (Wildman–Crippen MR) is 124 cm³/mol. The highest BCUT2D eigenvalue weighted by molar-refractivity contribution is 6.55. The Morgan fingerprint density at radius 2 is 1.62 bits per heavy atom. The third-order valence-electron chi connectivity index (χ3n) is 3.59. The van der Waals surface area contributed by atoms with Gasteiger partial charge in [0.15, 0.2) is 5.75 Å². The Balaban J connectivity index is 2.29. The van der Waals surface area contributed by atoms with Crippen molar-refractivity contribution in [1.82, 2.24) is 0 Å². The number of hydrogen-bond acceptors (Lipinski definition) is 4. The maximum atomic E-state index is 6.24. The van der Waals surface area contributed by atoms with E-state index in [4.69, 9.17) is 60.7 Å². The maximum Gasteiger partial charge on any atom is 0.156 e. The molecule has 0 bridgehead atoms. The van der Waals surface area contributed by atoms with Crippen LogP contribution in [0.5, 0.6) is 11.5 Å². The first-order chi connectivity index (χ1) is 13.6. The number of oxime groups is 1. The van der Waals surface area contributed by atoms with Crippen LogP contribution in [-0.2, 0) is 4.84 Å². The monoisotopic (exact) mass is 483 g/mol. The van der Waals surface area contributed by atoms with Crippen LogP contribution < -0.4 is 9.47 Å². The highest BCUT2D eigenvalue weighted by Gasteiger charge is 2.12.